The number of ketones is 1. The number of Topliss-reactive ketones (excluding diaryl/α,β-unsaturated/α-hetero) is 1. The van der Waals surface area contributed by atoms with Gasteiger partial charge in [0.2, 0.25) is 5.88 Å². The Hall–Kier alpha value is -2.75. The molecule has 0 spiro atoms. The summed E-state index contributed by atoms with van der Waals surface area (Å²) in [6.07, 6.45) is 2.68. The first-order chi connectivity index (χ1) is 14.5. The van der Waals surface area contributed by atoms with Gasteiger partial charge in [0.15, 0.2) is 5.78 Å². The van der Waals surface area contributed by atoms with Crippen LogP contribution in [-0.4, -0.2) is 5.78 Å². The predicted molar refractivity (Wildman–Crippen MR) is 116 cm³/mol. The summed E-state index contributed by atoms with van der Waals surface area (Å²) in [5, 5.41) is 10.3. The zero-order valence-electron chi connectivity index (χ0n) is 16.5. The third kappa shape index (κ3) is 3.71. The summed E-state index contributed by atoms with van der Waals surface area (Å²) in [4.78, 5) is 14.8. The predicted octanol–water partition coefficient (Wildman–Crippen LogP) is 5.36. The van der Waals surface area contributed by atoms with Crippen molar-refractivity contribution in [1.29, 1.82) is 5.26 Å². The van der Waals surface area contributed by atoms with Crippen molar-refractivity contribution in [1.82, 2.24) is 0 Å². The Labute approximate surface area is 184 Å². The lowest BCUT2D eigenvalue weighted by atomic mass is 9.80. The van der Waals surface area contributed by atoms with Crippen LogP contribution in [0.3, 0.4) is 0 Å². The molecule has 0 bridgehead atoms. The average Bonchev–Trinajstić information content (AvgIpc) is 3.15. The Bertz CT molecular complexity index is 1110. The maximum absolute atomic E-state index is 12.7. The van der Waals surface area contributed by atoms with E-state index in [9.17, 15) is 10.1 Å². The van der Waals surface area contributed by atoms with Crippen LogP contribution in [-0.2, 0) is 22.6 Å². The van der Waals surface area contributed by atoms with Crippen LogP contribution in [0.5, 0.6) is 5.75 Å². The molecule has 30 heavy (non-hydrogen) atoms. The van der Waals surface area contributed by atoms with Crippen molar-refractivity contribution in [2.24, 2.45) is 5.73 Å². The molecule has 1 atom stereocenters. The summed E-state index contributed by atoms with van der Waals surface area (Å²) in [6, 6.07) is 11.5. The summed E-state index contributed by atoms with van der Waals surface area (Å²) in [5.41, 5.74) is 7.95. The molecule has 1 aromatic carbocycles. The number of aryl methyl sites for hydroxylation is 1. The highest BCUT2D eigenvalue weighted by molar-refractivity contribution is 7.12. The number of nitrogens with zero attached hydrogens (tertiary/aromatic N) is 1. The van der Waals surface area contributed by atoms with Gasteiger partial charge in [-0.05, 0) is 31.0 Å². The molecule has 0 radical (unpaired) electrons. The number of carbonyl (C=O) groups is 1. The van der Waals surface area contributed by atoms with E-state index in [2.05, 4.69) is 13.0 Å². The molecule has 4 rings (SSSR count). The molecule has 2 aliphatic rings. The van der Waals surface area contributed by atoms with Crippen molar-refractivity contribution in [2.75, 3.05) is 0 Å². The molecule has 0 fully saturated rings. The van der Waals surface area contributed by atoms with Crippen LogP contribution in [0.25, 0.3) is 0 Å². The molecule has 154 valence electrons. The van der Waals surface area contributed by atoms with Crippen LogP contribution in [0.15, 0.2) is 53.1 Å². The Morgan fingerprint density at radius 3 is 2.90 bits per heavy atom. The number of benzene rings is 1. The molecule has 5 nitrogen and oxygen atoms in total. The monoisotopic (exact) mass is 440 g/mol. The van der Waals surface area contributed by atoms with Crippen LogP contribution in [0.4, 0.5) is 0 Å². The van der Waals surface area contributed by atoms with Crippen LogP contribution in [0.2, 0.25) is 5.02 Å². The van der Waals surface area contributed by atoms with Crippen molar-refractivity contribution in [3.8, 4) is 11.8 Å². The van der Waals surface area contributed by atoms with Crippen molar-refractivity contribution >= 4 is 28.7 Å². The van der Waals surface area contributed by atoms with Gasteiger partial charge in [0, 0.05) is 33.7 Å². The van der Waals surface area contributed by atoms with E-state index in [1.54, 1.807) is 17.4 Å². The smallest absolute Gasteiger partial charge is 0.205 e. The van der Waals surface area contributed by atoms with E-state index >= 15 is 0 Å². The van der Waals surface area contributed by atoms with Crippen molar-refractivity contribution < 1.29 is 14.3 Å². The Balaban J connectivity index is 1.71. The van der Waals surface area contributed by atoms with Crippen LogP contribution >= 0.6 is 22.9 Å². The highest BCUT2D eigenvalue weighted by Gasteiger charge is 2.39. The summed E-state index contributed by atoms with van der Waals surface area (Å²) >= 11 is 7.79. The first kappa shape index (κ1) is 20.5. The van der Waals surface area contributed by atoms with E-state index in [0.29, 0.717) is 47.1 Å². The SMILES string of the molecule is CCc1sc(C2C(C#N)=C(N)OC3=C2C(=O)CCC3)cc1COc1ccccc1Cl. The summed E-state index contributed by atoms with van der Waals surface area (Å²) in [6.45, 7) is 2.43. The minimum absolute atomic E-state index is 0.0295. The maximum Gasteiger partial charge on any atom is 0.205 e. The van der Waals surface area contributed by atoms with Gasteiger partial charge < -0.3 is 15.2 Å². The van der Waals surface area contributed by atoms with E-state index < -0.39 is 5.92 Å². The second-order valence-corrected chi connectivity index (χ2v) is 8.78. The Kier molecular flexibility index (Phi) is 5.85. The highest BCUT2D eigenvalue weighted by atomic mass is 35.5. The number of para-hydroxylation sites is 1. The van der Waals surface area contributed by atoms with Crippen LogP contribution in [0, 0.1) is 11.3 Å². The molecule has 0 amide bonds. The Morgan fingerprint density at radius 1 is 1.37 bits per heavy atom. The van der Waals surface area contributed by atoms with Crippen LogP contribution < -0.4 is 10.5 Å². The fourth-order valence-electron chi connectivity index (χ4n) is 3.91. The third-order valence-electron chi connectivity index (χ3n) is 5.35. The summed E-state index contributed by atoms with van der Waals surface area (Å²) in [7, 11) is 0. The number of hydrogen-bond donors (Lipinski definition) is 1. The van der Waals surface area contributed by atoms with Gasteiger partial charge in [0.1, 0.15) is 29.8 Å². The number of rotatable bonds is 5. The zero-order valence-corrected chi connectivity index (χ0v) is 18.1. The number of carbonyl (C=O) groups excluding carboxylic acids is 1. The van der Waals surface area contributed by atoms with Gasteiger partial charge in [-0.2, -0.15) is 5.26 Å². The zero-order chi connectivity index (χ0) is 21.3. The molecule has 0 saturated carbocycles. The fraction of sp³-hybridized carbons (Fsp3) is 0.304. The summed E-state index contributed by atoms with van der Waals surface area (Å²) < 4.78 is 11.6. The average molecular weight is 441 g/mol. The van der Waals surface area contributed by atoms with E-state index in [1.165, 1.54) is 0 Å². The van der Waals surface area contributed by atoms with E-state index in [-0.39, 0.29) is 11.7 Å². The standard InChI is InChI=1S/C23H21ClN2O3S/c1-2-19-13(12-28-17-8-4-3-6-15(17)24)10-20(30-19)21-14(11-25)23(26)29-18-9-5-7-16(27)22(18)21/h3-4,6,8,10,21H,2,5,7,9,12,26H2,1H3. The molecule has 1 aliphatic heterocycles. The second kappa shape index (κ2) is 8.55. The van der Waals surface area contributed by atoms with Crippen molar-refractivity contribution in [3.05, 3.63) is 73.5 Å². The molecule has 0 saturated heterocycles. The lowest BCUT2D eigenvalue weighted by molar-refractivity contribution is -0.116. The largest absolute Gasteiger partial charge is 0.487 e. The first-order valence-corrected chi connectivity index (χ1v) is 11.1. The number of nitriles is 1. The molecule has 2 heterocycles. The molecule has 2 N–H and O–H groups in total. The van der Waals surface area contributed by atoms with E-state index in [0.717, 1.165) is 28.2 Å². The minimum atomic E-state index is -0.476. The van der Waals surface area contributed by atoms with Gasteiger partial charge in [-0.25, -0.2) is 0 Å². The van der Waals surface area contributed by atoms with Crippen LogP contribution in [0.1, 0.15) is 47.4 Å². The lowest BCUT2D eigenvalue weighted by Gasteiger charge is -2.30. The normalized spacial score (nSPS) is 18.7. The number of halogens is 1. The van der Waals surface area contributed by atoms with Gasteiger partial charge in [-0.3, -0.25) is 4.79 Å². The number of allylic oxidation sites excluding steroid dienone is 3. The third-order valence-corrected chi connectivity index (χ3v) is 7.04. The second-order valence-electron chi connectivity index (χ2n) is 7.21. The molecule has 1 aliphatic carbocycles. The molecule has 2 aromatic rings. The topological polar surface area (TPSA) is 85.3 Å². The van der Waals surface area contributed by atoms with E-state index in [4.69, 9.17) is 26.8 Å². The summed E-state index contributed by atoms with van der Waals surface area (Å²) in [5.74, 6) is 0.872. The highest BCUT2D eigenvalue weighted by Crippen LogP contribution is 2.46. The van der Waals surface area contributed by atoms with Gasteiger partial charge >= 0.3 is 0 Å². The number of ether oxygens (including phenoxy) is 2. The van der Waals surface area contributed by atoms with Crippen molar-refractivity contribution in [3.63, 3.8) is 0 Å². The van der Waals surface area contributed by atoms with Gasteiger partial charge in [-0.15, -0.1) is 11.3 Å². The van der Waals surface area contributed by atoms with Crippen molar-refractivity contribution in [2.45, 2.75) is 45.1 Å². The first-order valence-electron chi connectivity index (χ1n) is 9.86. The molecule has 1 unspecified atom stereocenters. The molecular formula is C23H21ClN2O3S. The minimum Gasteiger partial charge on any atom is -0.487 e. The lowest BCUT2D eigenvalue weighted by Crippen LogP contribution is -2.27. The molecule has 1 aromatic heterocycles. The number of hydrogen-bond acceptors (Lipinski definition) is 6. The van der Waals surface area contributed by atoms with E-state index in [1.807, 2.05) is 24.3 Å². The number of nitrogens with two attached hydrogens (primary N) is 1. The Morgan fingerprint density at radius 2 is 2.17 bits per heavy atom. The molecular weight excluding hydrogens is 420 g/mol. The van der Waals surface area contributed by atoms with Gasteiger partial charge in [0.05, 0.1) is 10.9 Å². The quantitative estimate of drug-likeness (QED) is 0.676. The van der Waals surface area contributed by atoms with Gasteiger partial charge in [-0.1, -0.05) is 30.7 Å². The molecule has 7 heteroatoms. The fourth-order valence-corrected chi connectivity index (χ4v) is 5.33. The number of thiophene rings is 1. The maximum atomic E-state index is 12.7. The van der Waals surface area contributed by atoms with Gasteiger partial charge in [0.25, 0.3) is 0 Å².